The number of methoxy groups -OCH3 is 1. The van der Waals surface area contributed by atoms with Gasteiger partial charge in [-0.05, 0) is 18.6 Å². The minimum Gasteiger partial charge on any atom is -0.479 e. The Hall–Kier alpha value is -4.10. The van der Waals surface area contributed by atoms with Crippen LogP contribution in [-0.4, -0.2) is 48.1 Å². The van der Waals surface area contributed by atoms with Crippen LogP contribution >= 0.6 is 0 Å². The normalized spacial score (nSPS) is 21.2. The molecule has 1 saturated heterocycles. The third-order valence-electron chi connectivity index (χ3n) is 5.61. The number of hydrogen-bond acceptors (Lipinski definition) is 8. The first-order chi connectivity index (χ1) is 17.1. The fraction of sp³-hybridized carbons (Fsp3) is 0.364. The van der Waals surface area contributed by atoms with Crippen LogP contribution in [0, 0.1) is 23.3 Å². The summed E-state index contributed by atoms with van der Waals surface area (Å²) in [4.78, 5) is 40.7. The number of esters is 1. The minimum atomic E-state index is -1.99. The number of nitrogens with zero attached hydrogens (tertiary/aromatic N) is 2. The Balaban J connectivity index is 1.62. The van der Waals surface area contributed by atoms with Gasteiger partial charge in [0, 0.05) is 12.3 Å². The molecule has 0 bridgehead atoms. The standard InChI is InChI=1S/C22H19F4N3O7/c1-3-13(29-6-4-5-12(20(29)31)27-21(32)33-2)19-28-14-8-15(30)35-22(14,36-19)9-34-18-16(25)10(23)7-11(24)17(18)26/h4-7,13-14H,3,8-9H2,1-2H3,(H,27,32)/t13-,14-,22-/m0/s1. The van der Waals surface area contributed by atoms with Crippen LogP contribution in [0.1, 0.15) is 25.8 Å². The molecule has 36 heavy (non-hydrogen) atoms. The van der Waals surface area contributed by atoms with Crippen molar-refractivity contribution in [2.75, 3.05) is 19.0 Å². The van der Waals surface area contributed by atoms with E-state index in [-0.39, 0.29) is 30.5 Å². The van der Waals surface area contributed by atoms with Gasteiger partial charge < -0.3 is 23.5 Å². The second kappa shape index (κ2) is 9.51. The van der Waals surface area contributed by atoms with E-state index in [1.807, 2.05) is 0 Å². The lowest BCUT2D eigenvalue weighted by Crippen LogP contribution is -2.45. The number of carbonyl (C=O) groups is 2. The lowest BCUT2D eigenvalue weighted by atomic mass is 10.1. The largest absolute Gasteiger partial charge is 0.479 e. The van der Waals surface area contributed by atoms with E-state index in [1.165, 1.54) is 22.9 Å². The van der Waals surface area contributed by atoms with Crippen molar-refractivity contribution in [2.45, 2.75) is 37.6 Å². The summed E-state index contributed by atoms with van der Waals surface area (Å²) in [5.41, 5.74) is -0.718. The third-order valence-corrected chi connectivity index (χ3v) is 5.61. The second-order valence-electron chi connectivity index (χ2n) is 7.84. The van der Waals surface area contributed by atoms with Crippen LogP contribution in [-0.2, 0) is 19.0 Å². The Bertz CT molecular complexity index is 1290. The maximum atomic E-state index is 14.1. The minimum absolute atomic E-state index is 0.0221. The molecule has 0 saturated carbocycles. The van der Waals surface area contributed by atoms with Gasteiger partial charge >= 0.3 is 17.8 Å². The summed E-state index contributed by atoms with van der Waals surface area (Å²) in [5.74, 6) is -11.1. The lowest BCUT2D eigenvalue weighted by Gasteiger charge is -2.28. The number of aliphatic imine (C=N–C) groups is 1. The second-order valence-corrected chi connectivity index (χ2v) is 7.84. The molecule has 4 rings (SSSR count). The van der Waals surface area contributed by atoms with Crippen LogP contribution in [0.3, 0.4) is 0 Å². The number of aromatic nitrogens is 1. The van der Waals surface area contributed by atoms with Gasteiger partial charge in [0.2, 0.25) is 17.5 Å². The Morgan fingerprint density at radius 2 is 1.94 bits per heavy atom. The molecule has 0 spiro atoms. The van der Waals surface area contributed by atoms with Crippen molar-refractivity contribution in [1.29, 1.82) is 0 Å². The molecule has 1 N–H and O–H groups in total. The van der Waals surface area contributed by atoms with Gasteiger partial charge in [-0.15, -0.1) is 0 Å². The Morgan fingerprint density at radius 3 is 2.58 bits per heavy atom. The van der Waals surface area contributed by atoms with Crippen LogP contribution < -0.4 is 15.6 Å². The first-order valence-electron chi connectivity index (χ1n) is 10.6. The van der Waals surface area contributed by atoms with Crippen molar-refractivity contribution < 1.29 is 46.1 Å². The topological polar surface area (TPSA) is 117 Å². The van der Waals surface area contributed by atoms with Gasteiger partial charge in [-0.1, -0.05) is 6.92 Å². The van der Waals surface area contributed by atoms with Crippen molar-refractivity contribution >= 4 is 23.6 Å². The summed E-state index contributed by atoms with van der Waals surface area (Å²) >= 11 is 0. The van der Waals surface area contributed by atoms with E-state index in [2.05, 4.69) is 15.0 Å². The molecule has 10 nitrogen and oxygen atoms in total. The zero-order valence-electron chi connectivity index (χ0n) is 18.8. The summed E-state index contributed by atoms with van der Waals surface area (Å²) in [7, 11) is 1.13. The molecule has 0 radical (unpaired) electrons. The third kappa shape index (κ3) is 4.33. The summed E-state index contributed by atoms with van der Waals surface area (Å²) in [5, 5.41) is 2.28. The van der Waals surface area contributed by atoms with Gasteiger partial charge in [0.05, 0.1) is 13.5 Å². The molecule has 3 atom stereocenters. The summed E-state index contributed by atoms with van der Waals surface area (Å²) in [6.45, 7) is 0.843. The number of ether oxygens (including phenoxy) is 4. The van der Waals surface area contributed by atoms with Crippen molar-refractivity contribution in [3.8, 4) is 5.75 Å². The van der Waals surface area contributed by atoms with Crippen LogP contribution in [0.15, 0.2) is 34.2 Å². The fourth-order valence-electron chi connectivity index (χ4n) is 3.87. The molecule has 2 aliphatic rings. The number of pyridine rings is 1. The average molecular weight is 513 g/mol. The van der Waals surface area contributed by atoms with Crippen LogP contribution in [0.2, 0.25) is 0 Å². The van der Waals surface area contributed by atoms with E-state index >= 15 is 0 Å². The SMILES string of the molecule is CC[C@@H](C1=N[C@H]2CC(=O)O[C@@]2(COc2c(F)c(F)cc(F)c2F)O1)n1cccc(NC(=O)OC)c1=O. The molecule has 0 unspecified atom stereocenters. The quantitative estimate of drug-likeness (QED) is 0.344. The maximum Gasteiger partial charge on any atom is 0.411 e. The van der Waals surface area contributed by atoms with Gasteiger partial charge in [0.15, 0.2) is 24.0 Å². The molecule has 1 amide bonds. The predicted octanol–water partition coefficient (Wildman–Crippen LogP) is 3.05. The highest BCUT2D eigenvalue weighted by Gasteiger charge is 2.58. The Morgan fingerprint density at radius 1 is 1.25 bits per heavy atom. The molecular weight excluding hydrogens is 494 g/mol. The van der Waals surface area contributed by atoms with Gasteiger partial charge in [0.25, 0.3) is 5.56 Å². The molecule has 0 aliphatic carbocycles. The lowest BCUT2D eigenvalue weighted by molar-refractivity contribution is -0.190. The smallest absolute Gasteiger partial charge is 0.411 e. The number of carbonyl (C=O) groups excluding carboxylic acids is 2. The molecule has 14 heteroatoms. The van der Waals surface area contributed by atoms with E-state index in [1.54, 1.807) is 6.92 Å². The number of halogens is 4. The zero-order valence-corrected chi connectivity index (χ0v) is 18.8. The maximum absolute atomic E-state index is 14.1. The predicted molar refractivity (Wildman–Crippen MR) is 114 cm³/mol. The number of nitrogens with one attached hydrogen (secondary N) is 1. The summed E-state index contributed by atoms with van der Waals surface area (Å²) in [6, 6.07) is 0.972. The van der Waals surface area contributed by atoms with Crippen LogP contribution in [0.25, 0.3) is 0 Å². The number of anilines is 1. The zero-order chi connectivity index (χ0) is 26.2. The van der Waals surface area contributed by atoms with Crippen molar-refractivity contribution in [3.05, 3.63) is 58.0 Å². The molecule has 1 fully saturated rings. The van der Waals surface area contributed by atoms with Crippen molar-refractivity contribution in [3.63, 3.8) is 0 Å². The van der Waals surface area contributed by atoms with E-state index in [0.29, 0.717) is 0 Å². The fourth-order valence-corrected chi connectivity index (χ4v) is 3.87. The van der Waals surface area contributed by atoms with E-state index in [4.69, 9.17) is 14.2 Å². The number of benzene rings is 1. The Kier molecular flexibility index (Phi) is 6.61. The first kappa shape index (κ1) is 25.0. The van der Waals surface area contributed by atoms with E-state index in [0.717, 1.165) is 7.11 Å². The number of amides is 1. The molecule has 1 aromatic heterocycles. The number of fused-ring (bicyclic) bond motifs is 1. The van der Waals surface area contributed by atoms with Crippen LogP contribution in [0.5, 0.6) is 5.75 Å². The van der Waals surface area contributed by atoms with Crippen molar-refractivity contribution in [2.24, 2.45) is 4.99 Å². The molecule has 1 aromatic carbocycles. The average Bonchev–Trinajstić information content (AvgIpc) is 3.32. The number of hydrogen-bond donors (Lipinski definition) is 1. The van der Waals surface area contributed by atoms with Gasteiger partial charge in [-0.2, -0.15) is 8.78 Å². The monoisotopic (exact) mass is 513 g/mol. The van der Waals surface area contributed by atoms with E-state index in [9.17, 15) is 31.9 Å². The molecule has 2 aliphatic heterocycles. The molecular formula is C22H19F4N3O7. The first-order valence-corrected chi connectivity index (χ1v) is 10.6. The van der Waals surface area contributed by atoms with Crippen molar-refractivity contribution in [1.82, 2.24) is 4.57 Å². The van der Waals surface area contributed by atoms with Crippen LogP contribution in [0.4, 0.5) is 28.0 Å². The van der Waals surface area contributed by atoms with E-state index < -0.39 is 71.1 Å². The highest BCUT2D eigenvalue weighted by molar-refractivity contribution is 5.86. The molecule has 192 valence electrons. The van der Waals surface area contributed by atoms with Gasteiger partial charge in [-0.25, -0.2) is 18.6 Å². The highest BCUT2D eigenvalue weighted by Crippen LogP contribution is 2.40. The highest BCUT2D eigenvalue weighted by atomic mass is 19.2. The summed E-state index contributed by atoms with van der Waals surface area (Å²) < 4.78 is 76.9. The number of rotatable bonds is 7. The molecule has 2 aromatic rings. The molecule has 3 heterocycles. The summed E-state index contributed by atoms with van der Waals surface area (Å²) in [6.07, 6.45) is 0.508. The van der Waals surface area contributed by atoms with Gasteiger partial charge in [0.1, 0.15) is 17.8 Å². The Labute approximate surface area is 200 Å². The van der Waals surface area contributed by atoms with Gasteiger partial charge in [-0.3, -0.25) is 14.9 Å².